The lowest BCUT2D eigenvalue weighted by Crippen LogP contribution is -2.33. The largest absolute Gasteiger partial charge is 0.380 e. The highest BCUT2D eigenvalue weighted by Crippen LogP contribution is 2.25. The standard InChI is InChI=1S/C13H24N2O/c1-16-10-11-4-6-15(7-5-11)9-12-2-3-13(14)8-12/h4,12-13H,2-3,5-10,14H2,1H3. The molecule has 1 aliphatic carbocycles. The Morgan fingerprint density at radius 1 is 1.50 bits per heavy atom. The van der Waals surface area contributed by atoms with Crippen LogP contribution in [0.2, 0.25) is 0 Å². The molecular formula is C13H24N2O. The minimum absolute atomic E-state index is 0.467. The second-order valence-electron chi connectivity index (χ2n) is 5.24. The smallest absolute Gasteiger partial charge is 0.0673 e. The Kier molecular flexibility index (Phi) is 4.38. The molecule has 0 aromatic heterocycles. The molecule has 0 aromatic carbocycles. The van der Waals surface area contributed by atoms with E-state index in [0.29, 0.717) is 6.04 Å². The Balaban J connectivity index is 1.72. The van der Waals surface area contributed by atoms with Crippen LogP contribution in [0.25, 0.3) is 0 Å². The molecule has 0 saturated heterocycles. The van der Waals surface area contributed by atoms with Gasteiger partial charge in [-0.05, 0) is 37.2 Å². The molecule has 1 fully saturated rings. The Hall–Kier alpha value is -0.380. The first-order valence-corrected chi connectivity index (χ1v) is 6.42. The van der Waals surface area contributed by atoms with Gasteiger partial charge in [0, 0.05) is 32.8 Å². The van der Waals surface area contributed by atoms with Crippen LogP contribution in [0.5, 0.6) is 0 Å². The second kappa shape index (κ2) is 5.80. The summed E-state index contributed by atoms with van der Waals surface area (Å²) < 4.78 is 5.16. The van der Waals surface area contributed by atoms with Crippen LogP contribution in [0.4, 0.5) is 0 Å². The third-order valence-corrected chi connectivity index (χ3v) is 3.82. The van der Waals surface area contributed by atoms with E-state index in [9.17, 15) is 0 Å². The monoisotopic (exact) mass is 224 g/mol. The minimum Gasteiger partial charge on any atom is -0.380 e. The summed E-state index contributed by atoms with van der Waals surface area (Å²) in [7, 11) is 1.77. The quantitative estimate of drug-likeness (QED) is 0.733. The Morgan fingerprint density at radius 3 is 2.94 bits per heavy atom. The fourth-order valence-electron chi connectivity index (χ4n) is 2.88. The maximum absolute atomic E-state index is 5.94. The van der Waals surface area contributed by atoms with Crippen LogP contribution in [0.15, 0.2) is 11.6 Å². The molecule has 2 rings (SSSR count). The minimum atomic E-state index is 0.467. The molecule has 2 atom stereocenters. The lowest BCUT2D eigenvalue weighted by Gasteiger charge is -2.28. The van der Waals surface area contributed by atoms with Crippen molar-refractivity contribution in [3.8, 4) is 0 Å². The zero-order valence-corrected chi connectivity index (χ0v) is 10.3. The molecule has 0 bridgehead atoms. The van der Waals surface area contributed by atoms with Crippen LogP contribution >= 0.6 is 0 Å². The average Bonchev–Trinajstić information content (AvgIpc) is 2.67. The summed E-state index contributed by atoms with van der Waals surface area (Å²) in [6, 6.07) is 0.467. The van der Waals surface area contributed by atoms with Crippen molar-refractivity contribution in [2.24, 2.45) is 11.7 Å². The number of hydrogen-bond donors (Lipinski definition) is 1. The average molecular weight is 224 g/mol. The third kappa shape index (κ3) is 3.30. The lowest BCUT2D eigenvalue weighted by atomic mass is 10.0. The van der Waals surface area contributed by atoms with E-state index in [-0.39, 0.29) is 0 Å². The molecule has 1 aliphatic heterocycles. The van der Waals surface area contributed by atoms with E-state index < -0.39 is 0 Å². The molecule has 3 heteroatoms. The fraction of sp³-hybridized carbons (Fsp3) is 0.846. The first kappa shape index (κ1) is 12.1. The van der Waals surface area contributed by atoms with E-state index >= 15 is 0 Å². The highest BCUT2D eigenvalue weighted by molar-refractivity contribution is 5.07. The van der Waals surface area contributed by atoms with Crippen molar-refractivity contribution in [2.45, 2.75) is 31.7 Å². The van der Waals surface area contributed by atoms with Gasteiger partial charge in [-0.15, -0.1) is 0 Å². The van der Waals surface area contributed by atoms with Crippen molar-refractivity contribution < 1.29 is 4.74 Å². The van der Waals surface area contributed by atoms with Gasteiger partial charge in [0.2, 0.25) is 0 Å². The first-order valence-electron chi connectivity index (χ1n) is 6.42. The van der Waals surface area contributed by atoms with Crippen molar-refractivity contribution in [3.63, 3.8) is 0 Å². The number of nitrogens with zero attached hydrogens (tertiary/aromatic N) is 1. The van der Waals surface area contributed by atoms with Crippen LogP contribution in [0, 0.1) is 5.92 Å². The normalized spacial score (nSPS) is 31.8. The van der Waals surface area contributed by atoms with Crippen molar-refractivity contribution >= 4 is 0 Å². The Labute approximate surface area is 98.6 Å². The van der Waals surface area contributed by atoms with E-state index in [4.69, 9.17) is 10.5 Å². The molecule has 0 amide bonds. The first-order chi connectivity index (χ1) is 7.78. The zero-order chi connectivity index (χ0) is 11.4. The summed E-state index contributed by atoms with van der Waals surface area (Å²) in [6.45, 7) is 4.35. The molecule has 16 heavy (non-hydrogen) atoms. The number of ether oxygens (including phenoxy) is 1. The molecule has 1 saturated carbocycles. The summed E-state index contributed by atoms with van der Waals surface area (Å²) in [5.74, 6) is 0.840. The van der Waals surface area contributed by atoms with E-state index in [1.807, 2.05) is 0 Å². The van der Waals surface area contributed by atoms with Gasteiger partial charge in [-0.3, -0.25) is 4.90 Å². The fourth-order valence-corrected chi connectivity index (χ4v) is 2.88. The van der Waals surface area contributed by atoms with E-state index in [1.54, 1.807) is 7.11 Å². The second-order valence-corrected chi connectivity index (χ2v) is 5.24. The van der Waals surface area contributed by atoms with Crippen LogP contribution in [-0.4, -0.2) is 44.3 Å². The van der Waals surface area contributed by atoms with Crippen molar-refractivity contribution in [1.29, 1.82) is 0 Å². The van der Waals surface area contributed by atoms with Crippen molar-refractivity contribution in [2.75, 3.05) is 33.4 Å². The lowest BCUT2D eigenvalue weighted by molar-refractivity contribution is 0.204. The Morgan fingerprint density at radius 2 is 2.38 bits per heavy atom. The summed E-state index contributed by atoms with van der Waals surface area (Å²) in [4.78, 5) is 2.56. The van der Waals surface area contributed by atoms with Gasteiger partial charge < -0.3 is 10.5 Å². The maximum Gasteiger partial charge on any atom is 0.0673 e. The van der Waals surface area contributed by atoms with Gasteiger partial charge >= 0.3 is 0 Å². The summed E-state index contributed by atoms with van der Waals surface area (Å²) in [6.07, 6.45) is 7.29. The SMILES string of the molecule is COCC1=CCN(CC2CCC(N)C2)CC1. The highest BCUT2D eigenvalue weighted by Gasteiger charge is 2.24. The zero-order valence-electron chi connectivity index (χ0n) is 10.3. The predicted octanol–water partition coefficient (Wildman–Crippen LogP) is 1.39. The predicted molar refractivity (Wildman–Crippen MR) is 66.3 cm³/mol. The molecule has 2 N–H and O–H groups in total. The van der Waals surface area contributed by atoms with Gasteiger partial charge in [0.05, 0.1) is 6.61 Å². The molecule has 0 radical (unpaired) electrons. The molecule has 0 spiro atoms. The number of hydrogen-bond acceptors (Lipinski definition) is 3. The van der Waals surface area contributed by atoms with Crippen molar-refractivity contribution in [3.05, 3.63) is 11.6 Å². The summed E-state index contributed by atoms with van der Waals surface area (Å²) >= 11 is 0. The number of methoxy groups -OCH3 is 1. The number of nitrogens with two attached hydrogens (primary N) is 1. The van der Waals surface area contributed by atoms with Crippen LogP contribution in [0.3, 0.4) is 0 Å². The van der Waals surface area contributed by atoms with Crippen LogP contribution in [-0.2, 0) is 4.74 Å². The third-order valence-electron chi connectivity index (χ3n) is 3.82. The van der Waals surface area contributed by atoms with Gasteiger partial charge in [-0.1, -0.05) is 6.08 Å². The maximum atomic E-state index is 5.94. The number of rotatable bonds is 4. The molecule has 92 valence electrons. The van der Waals surface area contributed by atoms with Gasteiger partial charge in [-0.25, -0.2) is 0 Å². The summed E-state index contributed by atoms with van der Waals surface area (Å²) in [5, 5.41) is 0. The molecule has 0 aromatic rings. The van der Waals surface area contributed by atoms with E-state index in [1.165, 1.54) is 44.3 Å². The molecular weight excluding hydrogens is 200 g/mol. The molecule has 3 nitrogen and oxygen atoms in total. The van der Waals surface area contributed by atoms with E-state index in [2.05, 4.69) is 11.0 Å². The summed E-state index contributed by atoms with van der Waals surface area (Å²) in [5.41, 5.74) is 7.40. The molecule has 2 unspecified atom stereocenters. The van der Waals surface area contributed by atoms with Crippen LogP contribution in [0.1, 0.15) is 25.7 Å². The Bertz CT molecular complexity index is 252. The van der Waals surface area contributed by atoms with Gasteiger partial charge in [-0.2, -0.15) is 0 Å². The topological polar surface area (TPSA) is 38.5 Å². The van der Waals surface area contributed by atoms with Gasteiger partial charge in [0.1, 0.15) is 0 Å². The van der Waals surface area contributed by atoms with E-state index in [0.717, 1.165) is 19.1 Å². The van der Waals surface area contributed by atoms with Gasteiger partial charge in [0.25, 0.3) is 0 Å². The van der Waals surface area contributed by atoms with Crippen LogP contribution < -0.4 is 5.73 Å². The van der Waals surface area contributed by atoms with Gasteiger partial charge in [0.15, 0.2) is 0 Å². The van der Waals surface area contributed by atoms with Crippen molar-refractivity contribution in [1.82, 2.24) is 4.90 Å². The highest BCUT2D eigenvalue weighted by atomic mass is 16.5. The molecule has 2 aliphatic rings. The molecule has 1 heterocycles.